The van der Waals surface area contributed by atoms with E-state index in [0.717, 1.165) is 52.7 Å². The first-order chi connectivity index (χ1) is 14.6. The van der Waals surface area contributed by atoms with Crippen LogP contribution in [0.2, 0.25) is 0 Å². The molecule has 0 unspecified atom stereocenters. The van der Waals surface area contributed by atoms with Gasteiger partial charge in [-0.3, -0.25) is 0 Å². The fourth-order valence-electron chi connectivity index (χ4n) is 4.18. The van der Waals surface area contributed by atoms with Gasteiger partial charge < -0.3 is 19.9 Å². The van der Waals surface area contributed by atoms with E-state index in [9.17, 15) is 0 Å². The van der Waals surface area contributed by atoms with Gasteiger partial charge in [-0.1, -0.05) is 35.9 Å². The number of benzene rings is 2. The maximum atomic E-state index is 5.35. The van der Waals surface area contributed by atoms with Gasteiger partial charge in [0.25, 0.3) is 0 Å². The van der Waals surface area contributed by atoms with Crippen molar-refractivity contribution in [2.45, 2.75) is 19.4 Å². The zero-order chi connectivity index (χ0) is 20.7. The quantitative estimate of drug-likeness (QED) is 0.649. The summed E-state index contributed by atoms with van der Waals surface area (Å²) in [6.07, 6.45) is 2.85. The molecule has 5 rings (SSSR count). The van der Waals surface area contributed by atoms with E-state index in [1.165, 1.54) is 11.1 Å². The van der Waals surface area contributed by atoms with Crippen LogP contribution in [0.1, 0.15) is 29.4 Å². The maximum absolute atomic E-state index is 5.35. The van der Waals surface area contributed by atoms with Crippen LogP contribution in [-0.4, -0.2) is 40.9 Å². The lowest BCUT2D eigenvalue weighted by Gasteiger charge is -2.28. The Labute approximate surface area is 176 Å². The number of aliphatic imine (C=N–C) groups is 1. The van der Waals surface area contributed by atoms with Gasteiger partial charge in [0, 0.05) is 24.4 Å². The summed E-state index contributed by atoms with van der Waals surface area (Å²) in [6.45, 7) is 7.82. The molecule has 0 saturated carbocycles. The number of aryl methyl sites for hydroxylation is 1. The number of likely N-dealkylation sites (tertiary alicyclic amines) is 1. The maximum Gasteiger partial charge on any atom is 0.130 e. The third kappa shape index (κ3) is 3.34. The van der Waals surface area contributed by atoms with Gasteiger partial charge in [0.05, 0.1) is 36.4 Å². The Bertz CT molecular complexity index is 1190. The van der Waals surface area contributed by atoms with Gasteiger partial charge in [-0.25, -0.2) is 9.98 Å². The predicted octanol–water partition coefficient (Wildman–Crippen LogP) is 4.18. The van der Waals surface area contributed by atoms with E-state index >= 15 is 0 Å². The summed E-state index contributed by atoms with van der Waals surface area (Å²) < 4.78 is 5.35. The van der Waals surface area contributed by atoms with E-state index in [1.54, 1.807) is 7.11 Å². The summed E-state index contributed by atoms with van der Waals surface area (Å²) in [7, 11) is 1.68. The summed E-state index contributed by atoms with van der Waals surface area (Å²) in [5.41, 5.74) is 6.39. The number of imidazole rings is 1. The van der Waals surface area contributed by atoms with Crippen molar-refractivity contribution in [1.82, 2.24) is 20.2 Å². The van der Waals surface area contributed by atoms with Crippen LogP contribution in [-0.2, 0) is 0 Å². The fraction of sp³-hybridized carbons (Fsp3) is 0.250. The summed E-state index contributed by atoms with van der Waals surface area (Å²) in [4.78, 5) is 15.7. The summed E-state index contributed by atoms with van der Waals surface area (Å²) in [5.74, 6) is 2.76. The standard InChI is InChI=1S/C24H25N5O/c1-15-5-4-6-17(9-15)21-12-25-13-23(26-21)29-14-16(2)10-22(29)24-27-19-8-7-18(30-3)11-20(19)28-24/h4-9,11-12,22,25H,2,10,13-14H2,1,3H3,(H,27,28)/t22-/m0/s1. The number of nitrogens with one attached hydrogen (secondary N) is 2. The highest BCUT2D eigenvalue weighted by atomic mass is 16.5. The van der Waals surface area contributed by atoms with Crippen molar-refractivity contribution in [1.29, 1.82) is 0 Å². The van der Waals surface area contributed by atoms with Crippen LogP contribution in [0.15, 0.2) is 65.8 Å². The van der Waals surface area contributed by atoms with E-state index < -0.39 is 0 Å². The topological polar surface area (TPSA) is 65.5 Å². The molecular formula is C24H25N5O. The highest BCUT2D eigenvalue weighted by Crippen LogP contribution is 2.35. The molecular weight excluding hydrogens is 374 g/mol. The lowest BCUT2D eigenvalue weighted by atomic mass is 10.1. The third-order valence-electron chi connectivity index (χ3n) is 5.67. The Morgan fingerprint density at radius 3 is 2.93 bits per heavy atom. The molecule has 0 bridgehead atoms. The molecule has 6 nitrogen and oxygen atoms in total. The lowest BCUT2D eigenvalue weighted by molar-refractivity contribution is 0.381. The van der Waals surface area contributed by atoms with Crippen LogP contribution in [0.3, 0.4) is 0 Å². The Hall–Kier alpha value is -3.54. The minimum absolute atomic E-state index is 0.0910. The number of H-pyrrole nitrogens is 1. The molecule has 30 heavy (non-hydrogen) atoms. The van der Waals surface area contributed by atoms with Crippen molar-refractivity contribution in [3.63, 3.8) is 0 Å². The molecule has 2 N–H and O–H groups in total. The molecule has 152 valence electrons. The van der Waals surface area contributed by atoms with Crippen LogP contribution in [0, 0.1) is 6.92 Å². The van der Waals surface area contributed by atoms with Gasteiger partial charge in [-0.05, 0) is 31.5 Å². The monoisotopic (exact) mass is 399 g/mol. The van der Waals surface area contributed by atoms with Crippen LogP contribution in [0.5, 0.6) is 5.75 Å². The molecule has 6 heteroatoms. The van der Waals surface area contributed by atoms with E-state index in [-0.39, 0.29) is 6.04 Å². The molecule has 2 aliphatic rings. The number of aromatic nitrogens is 2. The predicted molar refractivity (Wildman–Crippen MR) is 120 cm³/mol. The van der Waals surface area contributed by atoms with Gasteiger partial charge >= 0.3 is 0 Å². The van der Waals surface area contributed by atoms with Crippen LogP contribution >= 0.6 is 0 Å². The third-order valence-corrected chi connectivity index (χ3v) is 5.67. The van der Waals surface area contributed by atoms with Crippen LogP contribution in [0.4, 0.5) is 0 Å². The Kier molecular flexibility index (Phi) is 4.54. The average molecular weight is 399 g/mol. The number of rotatable bonds is 3. The molecule has 2 aromatic carbocycles. The van der Waals surface area contributed by atoms with Gasteiger partial charge in [-0.2, -0.15) is 0 Å². The molecule has 1 atom stereocenters. The number of methoxy groups -OCH3 is 1. The van der Waals surface area contributed by atoms with Crippen molar-refractivity contribution >= 4 is 22.6 Å². The van der Waals surface area contributed by atoms with Crippen molar-refractivity contribution in [2.75, 3.05) is 20.2 Å². The number of ether oxygens (including phenoxy) is 1. The number of aromatic amines is 1. The molecule has 2 aliphatic heterocycles. The summed E-state index contributed by atoms with van der Waals surface area (Å²) in [5, 5.41) is 3.40. The molecule has 3 aromatic rings. The lowest BCUT2D eigenvalue weighted by Crippen LogP contribution is -2.38. The average Bonchev–Trinajstić information content (AvgIpc) is 3.36. The highest BCUT2D eigenvalue weighted by molar-refractivity contribution is 5.92. The highest BCUT2D eigenvalue weighted by Gasteiger charge is 2.33. The molecule has 0 radical (unpaired) electrons. The first kappa shape index (κ1) is 18.5. The minimum atomic E-state index is 0.0910. The first-order valence-electron chi connectivity index (χ1n) is 10.2. The largest absolute Gasteiger partial charge is 0.497 e. The van der Waals surface area contributed by atoms with Crippen molar-refractivity contribution in [3.05, 3.63) is 77.8 Å². The van der Waals surface area contributed by atoms with E-state index in [4.69, 9.17) is 14.7 Å². The second-order valence-corrected chi connectivity index (χ2v) is 7.91. The van der Waals surface area contributed by atoms with Crippen molar-refractivity contribution in [2.24, 2.45) is 4.99 Å². The van der Waals surface area contributed by atoms with Crippen molar-refractivity contribution in [3.8, 4) is 5.75 Å². The number of fused-ring (bicyclic) bond motifs is 1. The van der Waals surface area contributed by atoms with Crippen LogP contribution < -0.4 is 10.1 Å². The zero-order valence-corrected chi connectivity index (χ0v) is 17.3. The molecule has 0 aliphatic carbocycles. The molecule has 1 saturated heterocycles. The van der Waals surface area contributed by atoms with Gasteiger partial charge in [-0.15, -0.1) is 0 Å². The normalized spacial score (nSPS) is 18.9. The molecule has 1 fully saturated rings. The number of hydrogen-bond acceptors (Lipinski definition) is 5. The first-order valence-corrected chi connectivity index (χ1v) is 10.2. The molecule has 0 amide bonds. The van der Waals surface area contributed by atoms with Crippen LogP contribution in [0.25, 0.3) is 16.7 Å². The van der Waals surface area contributed by atoms with E-state index in [2.05, 4.69) is 53.0 Å². The van der Waals surface area contributed by atoms with Gasteiger partial charge in [0.15, 0.2) is 0 Å². The van der Waals surface area contributed by atoms with E-state index in [0.29, 0.717) is 6.54 Å². The number of amidine groups is 1. The fourth-order valence-corrected chi connectivity index (χ4v) is 4.18. The molecule has 3 heterocycles. The summed E-state index contributed by atoms with van der Waals surface area (Å²) >= 11 is 0. The second kappa shape index (κ2) is 7.37. The smallest absolute Gasteiger partial charge is 0.130 e. The van der Waals surface area contributed by atoms with Crippen molar-refractivity contribution < 1.29 is 4.74 Å². The summed E-state index contributed by atoms with van der Waals surface area (Å²) in [6, 6.07) is 14.4. The van der Waals surface area contributed by atoms with Gasteiger partial charge in [0.1, 0.15) is 17.4 Å². The van der Waals surface area contributed by atoms with E-state index in [1.807, 2.05) is 24.4 Å². The van der Waals surface area contributed by atoms with Gasteiger partial charge in [0.2, 0.25) is 0 Å². The molecule has 1 aromatic heterocycles. The Balaban J connectivity index is 1.48. The molecule has 0 spiro atoms. The number of hydrogen-bond donors (Lipinski definition) is 2. The number of nitrogens with zero attached hydrogens (tertiary/aromatic N) is 3. The minimum Gasteiger partial charge on any atom is -0.497 e. The Morgan fingerprint density at radius 2 is 2.10 bits per heavy atom. The Morgan fingerprint density at radius 1 is 1.20 bits per heavy atom. The zero-order valence-electron chi connectivity index (χ0n) is 17.3. The SMILES string of the molecule is C=C1C[C@@H](c2nc3ccc(OC)cc3[nH]2)N(C2=NC(c3cccc(C)c3)=CNC2)C1. The second-order valence-electron chi connectivity index (χ2n) is 7.91.